The minimum Gasteiger partial charge on any atom is -0.343 e. The highest BCUT2D eigenvalue weighted by molar-refractivity contribution is 5.97. The molecule has 0 spiro atoms. The number of aromatic nitrogens is 2. The molecule has 10 heteroatoms. The van der Waals surface area contributed by atoms with Crippen molar-refractivity contribution in [1.82, 2.24) is 20.0 Å². The predicted octanol–water partition coefficient (Wildman–Crippen LogP) is 2.42. The van der Waals surface area contributed by atoms with Crippen molar-refractivity contribution in [3.8, 4) is 12.1 Å². The molecule has 2 aromatic rings. The van der Waals surface area contributed by atoms with Gasteiger partial charge in [-0.15, -0.1) is 0 Å². The van der Waals surface area contributed by atoms with Crippen LogP contribution in [0, 0.1) is 22.7 Å². The molecule has 0 bridgehead atoms. The van der Waals surface area contributed by atoms with Crippen molar-refractivity contribution in [3.63, 3.8) is 0 Å². The van der Waals surface area contributed by atoms with Gasteiger partial charge < -0.3 is 10.2 Å². The van der Waals surface area contributed by atoms with Crippen LogP contribution in [-0.4, -0.2) is 51.5 Å². The lowest BCUT2D eigenvalue weighted by atomic mass is 10.1. The Kier molecular flexibility index (Phi) is 6.54. The molecular weight excluding hydrogens is 418 g/mol. The van der Waals surface area contributed by atoms with Crippen molar-refractivity contribution in [2.45, 2.75) is 44.7 Å². The molecular formula is C22H22F2N6O2. The number of carbonyl (C=O) groups is 2. The van der Waals surface area contributed by atoms with Crippen LogP contribution in [0.25, 0.3) is 0 Å². The first-order chi connectivity index (χ1) is 15.1. The number of nitriles is 2. The maximum atomic E-state index is 13.6. The Bertz CT molecular complexity index is 1100. The summed E-state index contributed by atoms with van der Waals surface area (Å²) in [6.45, 7) is 2.80. The van der Waals surface area contributed by atoms with Crippen LogP contribution < -0.4 is 5.32 Å². The van der Waals surface area contributed by atoms with Crippen LogP contribution in [0.4, 0.5) is 8.78 Å². The number of nitrogens with zero attached hydrogens (tertiary/aromatic N) is 5. The normalized spacial score (nSPS) is 17.1. The third kappa shape index (κ3) is 5.09. The van der Waals surface area contributed by atoms with Crippen LogP contribution in [0.5, 0.6) is 0 Å². The first-order valence-electron chi connectivity index (χ1n) is 10.0. The second kappa shape index (κ2) is 9.15. The fourth-order valence-electron chi connectivity index (χ4n) is 3.54. The average Bonchev–Trinajstić information content (AvgIpc) is 3.32. The van der Waals surface area contributed by atoms with Gasteiger partial charge in [-0.1, -0.05) is 26.0 Å². The number of hydrogen-bond donors (Lipinski definition) is 1. The zero-order valence-corrected chi connectivity index (χ0v) is 17.7. The second-order valence-electron chi connectivity index (χ2n) is 8.00. The molecule has 1 atom stereocenters. The van der Waals surface area contributed by atoms with Crippen molar-refractivity contribution in [1.29, 1.82) is 10.5 Å². The average molecular weight is 440 g/mol. The highest BCUT2D eigenvalue weighted by Crippen LogP contribution is 2.31. The van der Waals surface area contributed by atoms with E-state index in [4.69, 9.17) is 10.5 Å². The van der Waals surface area contributed by atoms with Crippen molar-refractivity contribution >= 4 is 11.8 Å². The van der Waals surface area contributed by atoms with E-state index in [9.17, 15) is 18.4 Å². The molecule has 2 heterocycles. The third-order valence-corrected chi connectivity index (χ3v) is 5.15. The fourth-order valence-corrected chi connectivity index (χ4v) is 3.54. The van der Waals surface area contributed by atoms with Gasteiger partial charge in [0, 0.05) is 12.6 Å². The molecule has 2 amide bonds. The molecule has 0 saturated carbocycles. The minimum absolute atomic E-state index is 0.0751. The molecule has 3 rings (SSSR count). The largest absolute Gasteiger partial charge is 0.343 e. The van der Waals surface area contributed by atoms with Crippen molar-refractivity contribution < 1.29 is 18.4 Å². The summed E-state index contributed by atoms with van der Waals surface area (Å²) in [6.07, 6.45) is 0.859. The zero-order chi connectivity index (χ0) is 23.5. The molecule has 1 fully saturated rings. The summed E-state index contributed by atoms with van der Waals surface area (Å²) in [4.78, 5) is 25.9. The number of benzene rings is 1. The van der Waals surface area contributed by atoms with E-state index < -0.39 is 43.3 Å². The van der Waals surface area contributed by atoms with Gasteiger partial charge >= 0.3 is 0 Å². The first-order valence-corrected chi connectivity index (χ1v) is 10.0. The summed E-state index contributed by atoms with van der Waals surface area (Å²) < 4.78 is 28.7. The van der Waals surface area contributed by atoms with Crippen LogP contribution in [0.1, 0.15) is 53.4 Å². The van der Waals surface area contributed by atoms with E-state index in [1.807, 2.05) is 19.9 Å². The molecule has 0 unspecified atom stereocenters. The summed E-state index contributed by atoms with van der Waals surface area (Å²) >= 11 is 0. The second-order valence-corrected chi connectivity index (χ2v) is 8.00. The topological polar surface area (TPSA) is 115 Å². The number of hydrogen-bond acceptors (Lipinski definition) is 5. The van der Waals surface area contributed by atoms with Crippen LogP contribution in [-0.2, 0) is 11.3 Å². The summed E-state index contributed by atoms with van der Waals surface area (Å²) in [5.41, 5.74) is 2.24. The van der Waals surface area contributed by atoms with Gasteiger partial charge in [0.25, 0.3) is 11.8 Å². The van der Waals surface area contributed by atoms with E-state index in [1.165, 1.54) is 0 Å². The lowest BCUT2D eigenvalue weighted by molar-refractivity contribution is -0.131. The Hall–Kier alpha value is -3.79. The highest BCUT2D eigenvalue weighted by Gasteiger charge is 2.47. The Morgan fingerprint density at radius 1 is 1.28 bits per heavy atom. The van der Waals surface area contributed by atoms with E-state index in [0.717, 1.165) is 10.5 Å². The van der Waals surface area contributed by atoms with Crippen LogP contribution in [0.3, 0.4) is 0 Å². The maximum absolute atomic E-state index is 13.6. The third-order valence-electron chi connectivity index (χ3n) is 5.15. The van der Waals surface area contributed by atoms with E-state index in [2.05, 4.69) is 10.4 Å². The van der Waals surface area contributed by atoms with Crippen LogP contribution in [0.15, 0.2) is 30.5 Å². The van der Waals surface area contributed by atoms with Gasteiger partial charge in [-0.2, -0.15) is 15.6 Å². The lowest BCUT2D eigenvalue weighted by Crippen LogP contribution is -2.43. The van der Waals surface area contributed by atoms with Gasteiger partial charge in [0.1, 0.15) is 6.04 Å². The van der Waals surface area contributed by atoms with Gasteiger partial charge in [-0.05, 0) is 23.6 Å². The molecule has 1 aliphatic heterocycles. The number of halogens is 2. The van der Waals surface area contributed by atoms with Gasteiger partial charge in [-0.3, -0.25) is 14.3 Å². The molecule has 0 aliphatic carbocycles. The predicted molar refractivity (Wildman–Crippen MR) is 110 cm³/mol. The van der Waals surface area contributed by atoms with Crippen molar-refractivity contribution in [2.24, 2.45) is 0 Å². The standard InChI is InChI=1S/C22H22F2N6O2/c1-14(2)20-18(12-29(28-20)11-16-5-3-15(8-25)4-6-16)21(32)27-10-19(31)30-13-22(23,24)7-17(30)9-26/h3-6,12,14,17H,7,10-11,13H2,1-2H3,(H,27,32)/t17-/m0/s1. The van der Waals surface area contributed by atoms with E-state index in [0.29, 0.717) is 17.8 Å². The van der Waals surface area contributed by atoms with E-state index in [1.54, 1.807) is 41.2 Å². The van der Waals surface area contributed by atoms with Crippen LogP contribution >= 0.6 is 0 Å². The highest BCUT2D eigenvalue weighted by atomic mass is 19.3. The van der Waals surface area contributed by atoms with Crippen molar-refractivity contribution in [2.75, 3.05) is 13.1 Å². The van der Waals surface area contributed by atoms with Crippen molar-refractivity contribution in [3.05, 3.63) is 52.8 Å². The van der Waals surface area contributed by atoms with E-state index >= 15 is 0 Å². The van der Waals surface area contributed by atoms with Gasteiger partial charge in [0.05, 0.1) is 48.6 Å². The molecule has 1 aromatic carbocycles. The minimum atomic E-state index is -3.11. The fraction of sp³-hybridized carbons (Fsp3) is 0.409. The molecule has 8 nitrogen and oxygen atoms in total. The van der Waals surface area contributed by atoms with Crippen LogP contribution in [0.2, 0.25) is 0 Å². The molecule has 166 valence electrons. The molecule has 1 saturated heterocycles. The molecule has 1 aliphatic rings. The monoisotopic (exact) mass is 440 g/mol. The number of nitrogens with one attached hydrogen (secondary N) is 1. The Morgan fingerprint density at radius 2 is 1.97 bits per heavy atom. The lowest BCUT2D eigenvalue weighted by Gasteiger charge is -2.19. The molecule has 32 heavy (non-hydrogen) atoms. The Balaban J connectivity index is 1.69. The number of rotatable bonds is 6. The quantitative estimate of drug-likeness (QED) is 0.741. The Labute approximate surface area is 184 Å². The SMILES string of the molecule is CC(C)c1nn(Cc2ccc(C#N)cc2)cc1C(=O)NCC(=O)N1CC(F)(F)C[C@H]1C#N. The summed E-state index contributed by atoms with van der Waals surface area (Å²) in [5, 5.41) is 24.9. The molecule has 1 N–H and O–H groups in total. The zero-order valence-electron chi connectivity index (χ0n) is 17.7. The van der Waals surface area contributed by atoms with Gasteiger partial charge in [-0.25, -0.2) is 8.78 Å². The number of likely N-dealkylation sites (tertiary alicyclic amines) is 1. The maximum Gasteiger partial charge on any atom is 0.268 e. The smallest absolute Gasteiger partial charge is 0.268 e. The Morgan fingerprint density at radius 3 is 2.56 bits per heavy atom. The number of alkyl halides is 2. The number of amides is 2. The van der Waals surface area contributed by atoms with Gasteiger partial charge in [0.15, 0.2) is 0 Å². The summed E-state index contributed by atoms with van der Waals surface area (Å²) in [6, 6.07) is 9.52. The molecule has 0 radical (unpaired) electrons. The summed E-state index contributed by atoms with van der Waals surface area (Å²) in [5.74, 6) is -4.48. The van der Waals surface area contributed by atoms with Gasteiger partial charge in [0.2, 0.25) is 5.91 Å². The molecule has 1 aromatic heterocycles. The first kappa shape index (κ1) is 22.9. The number of carbonyl (C=O) groups excluding carboxylic acids is 2. The summed E-state index contributed by atoms with van der Waals surface area (Å²) in [7, 11) is 0. The van der Waals surface area contributed by atoms with E-state index in [-0.39, 0.29) is 11.5 Å².